The quantitative estimate of drug-likeness (QED) is 0.825. The second-order valence-corrected chi connectivity index (χ2v) is 6.18. The highest BCUT2D eigenvalue weighted by Gasteiger charge is 2.10. The van der Waals surface area contributed by atoms with Gasteiger partial charge in [0.1, 0.15) is 5.82 Å². The highest BCUT2D eigenvalue weighted by Crippen LogP contribution is 2.28. The Labute approximate surface area is 137 Å². The number of methoxy groups -OCH3 is 1. The van der Waals surface area contributed by atoms with E-state index in [0.717, 1.165) is 29.5 Å². The van der Waals surface area contributed by atoms with Crippen molar-refractivity contribution < 1.29 is 14.2 Å². The maximum Gasteiger partial charge on any atom is 0.131 e. The van der Waals surface area contributed by atoms with Crippen molar-refractivity contribution in [1.82, 2.24) is 0 Å². The number of ether oxygens (including phenoxy) is 1. The van der Waals surface area contributed by atoms with Crippen LogP contribution in [0.25, 0.3) is 11.1 Å². The first kappa shape index (κ1) is 17.6. The molecule has 0 fully saturated rings. The predicted octanol–water partition coefficient (Wildman–Crippen LogP) is 4.30. The lowest BCUT2D eigenvalue weighted by Crippen LogP contribution is -2.13. The molecule has 1 unspecified atom stereocenters. The number of halogens is 1. The van der Waals surface area contributed by atoms with Crippen LogP contribution in [0.1, 0.15) is 23.1 Å². The molecule has 0 aromatic heterocycles. The Bertz CT molecular complexity index is 652. The number of aliphatic hydroxyl groups excluding tert-OH is 1. The zero-order valence-corrected chi connectivity index (χ0v) is 14.1. The maximum absolute atomic E-state index is 14.2. The third-order valence-corrected chi connectivity index (χ3v) is 4.21. The minimum atomic E-state index is -0.179. The molecule has 3 heteroatoms. The fourth-order valence-corrected chi connectivity index (χ4v) is 2.86. The molecule has 0 saturated heterocycles. The summed E-state index contributed by atoms with van der Waals surface area (Å²) in [5.74, 6) is -0.0178. The SMILES string of the molecule is COCC(CO)CCc1ccc(-c2ccc(C)cc2F)c(C)c1. The minimum Gasteiger partial charge on any atom is -0.396 e. The van der Waals surface area contributed by atoms with E-state index in [1.807, 2.05) is 38.1 Å². The Morgan fingerprint density at radius 1 is 1.09 bits per heavy atom. The van der Waals surface area contributed by atoms with Gasteiger partial charge in [0.2, 0.25) is 0 Å². The van der Waals surface area contributed by atoms with Gasteiger partial charge in [0.05, 0.1) is 6.61 Å². The molecule has 23 heavy (non-hydrogen) atoms. The monoisotopic (exact) mass is 316 g/mol. The van der Waals surface area contributed by atoms with Crippen LogP contribution in [0.3, 0.4) is 0 Å². The van der Waals surface area contributed by atoms with Crippen LogP contribution in [0.2, 0.25) is 0 Å². The summed E-state index contributed by atoms with van der Waals surface area (Å²) in [7, 11) is 1.65. The molecular formula is C20H25FO2. The lowest BCUT2D eigenvalue weighted by atomic mass is 9.94. The van der Waals surface area contributed by atoms with Crippen LogP contribution >= 0.6 is 0 Å². The number of benzene rings is 2. The number of rotatable bonds is 7. The molecule has 124 valence electrons. The van der Waals surface area contributed by atoms with Crippen molar-refractivity contribution in [3.05, 3.63) is 58.9 Å². The summed E-state index contributed by atoms with van der Waals surface area (Å²) < 4.78 is 19.3. The first-order valence-electron chi connectivity index (χ1n) is 8.01. The van der Waals surface area contributed by atoms with Gasteiger partial charge in [-0.3, -0.25) is 0 Å². The van der Waals surface area contributed by atoms with E-state index >= 15 is 0 Å². The van der Waals surface area contributed by atoms with Crippen molar-refractivity contribution in [2.24, 2.45) is 5.92 Å². The molecule has 0 radical (unpaired) electrons. The number of hydrogen-bond acceptors (Lipinski definition) is 2. The van der Waals surface area contributed by atoms with Crippen molar-refractivity contribution in [2.45, 2.75) is 26.7 Å². The topological polar surface area (TPSA) is 29.5 Å². The second-order valence-electron chi connectivity index (χ2n) is 6.18. The average molecular weight is 316 g/mol. The summed E-state index contributed by atoms with van der Waals surface area (Å²) >= 11 is 0. The second kappa shape index (κ2) is 8.23. The fourth-order valence-electron chi connectivity index (χ4n) is 2.86. The first-order valence-corrected chi connectivity index (χ1v) is 8.01. The third-order valence-electron chi connectivity index (χ3n) is 4.21. The van der Waals surface area contributed by atoms with Gasteiger partial charge >= 0.3 is 0 Å². The van der Waals surface area contributed by atoms with Crippen LogP contribution < -0.4 is 0 Å². The van der Waals surface area contributed by atoms with Gasteiger partial charge < -0.3 is 9.84 Å². The van der Waals surface area contributed by atoms with Crippen molar-refractivity contribution >= 4 is 0 Å². The van der Waals surface area contributed by atoms with Crippen LogP contribution in [0, 0.1) is 25.6 Å². The van der Waals surface area contributed by atoms with E-state index in [1.165, 1.54) is 5.56 Å². The highest BCUT2D eigenvalue weighted by atomic mass is 19.1. The van der Waals surface area contributed by atoms with Gasteiger partial charge in [0.25, 0.3) is 0 Å². The molecule has 2 nitrogen and oxygen atoms in total. The van der Waals surface area contributed by atoms with Crippen LogP contribution in [0.5, 0.6) is 0 Å². The molecule has 0 aliphatic carbocycles. The molecule has 2 aromatic carbocycles. The van der Waals surface area contributed by atoms with Crippen molar-refractivity contribution in [1.29, 1.82) is 0 Å². The Morgan fingerprint density at radius 3 is 2.43 bits per heavy atom. The lowest BCUT2D eigenvalue weighted by molar-refractivity contribution is 0.105. The number of hydrogen-bond donors (Lipinski definition) is 1. The molecule has 2 rings (SSSR count). The summed E-state index contributed by atoms with van der Waals surface area (Å²) in [6.45, 7) is 4.61. The Balaban J connectivity index is 2.14. The summed E-state index contributed by atoms with van der Waals surface area (Å²) in [5.41, 5.74) is 4.77. The average Bonchev–Trinajstić information content (AvgIpc) is 2.52. The molecule has 1 atom stereocenters. The molecule has 0 aliphatic rings. The normalized spacial score (nSPS) is 12.4. The van der Waals surface area contributed by atoms with E-state index in [4.69, 9.17) is 4.74 Å². The van der Waals surface area contributed by atoms with E-state index in [-0.39, 0.29) is 18.3 Å². The largest absolute Gasteiger partial charge is 0.396 e. The van der Waals surface area contributed by atoms with Crippen LogP contribution in [0.4, 0.5) is 4.39 Å². The molecular weight excluding hydrogens is 291 g/mol. The minimum absolute atomic E-state index is 0.138. The van der Waals surface area contributed by atoms with Crippen LogP contribution in [0.15, 0.2) is 36.4 Å². The molecule has 0 saturated carbocycles. The summed E-state index contributed by atoms with van der Waals surface area (Å²) in [4.78, 5) is 0. The van der Waals surface area contributed by atoms with E-state index in [2.05, 4.69) is 6.07 Å². The molecule has 0 amide bonds. The summed E-state index contributed by atoms with van der Waals surface area (Å²) in [6.07, 6.45) is 1.76. The molecule has 0 bridgehead atoms. The molecule has 1 N–H and O–H groups in total. The van der Waals surface area contributed by atoms with Crippen LogP contribution in [-0.4, -0.2) is 25.4 Å². The van der Waals surface area contributed by atoms with Gasteiger partial charge in [0, 0.05) is 25.2 Å². The molecule has 0 heterocycles. The molecule has 0 spiro atoms. The number of aryl methyl sites for hydroxylation is 3. The highest BCUT2D eigenvalue weighted by molar-refractivity contribution is 5.68. The van der Waals surface area contributed by atoms with Gasteiger partial charge in [-0.1, -0.05) is 30.3 Å². The van der Waals surface area contributed by atoms with Crippen molar-refractivity contribution in [3.8, 4) is 11.1 Å². The Hall–Kier alpha value is -1.71. The van der Waals surface area contributed by atoms with E-state index in [1.54, 1.807) is 13.2 Å². The molecule has 0 aliphatic heterocycles. The van der Waals surface area contributed by atoms with Crippen molar-refractivity contribution in [3.63, 3.8) is 0 Å². The smallest absolute Gasteiger partial charge is 0.131 e. The van der Waals surface area contributed by atoms with Gasteiger partial charge in [-0.05, 0) is 55.0 Å². The van der Waals surface area contributed by atoms with Gasteiger partial charge in [0.15, 0.2) is 0 Å². The molecule has 2 aromatic rings. The van der Waals surface area contributed by atoms with E-state index < -0.39 is 0 Å². The maximum atomic E-state index is 14.2. The van der Waals surface area contributed by atoms with Gasteiger partial charge in [-0.15, -0.1) is 0 Å². The van der Waals surface area contributed by atoms with E-state index in [0.29, 0.717) is 12.2 Å². The van der Waals surface area contributed by atoms with Crippen molar-refractivity contribution in [2.75, 3.05) is 20.3 Å². The fraction of sp³-hybridized carbons (Fsp3) is 0.400. The summed E-state index contributed by atoms with van der Waals surface area (Å²) in [6, 6.07) is 11.5. The van der Waals surface area contributed by atoms with Crippen LogP contribution in [-0.2, 0) is 11.2 Å². The predicted molar refractivity (Wildman–Crippen MR) is 92.1 cm³/mol. The number of aliphatic hydroxyl groups is 1. The Kier molecular flexibility index (Phi) is 6.31. The third kappa shape index (κ3) is 4.63. The Morgan fingerprint density at radius 2 is 1.83 bits per heavy atom. The lowest BCUT2D eigenvalue weighted by Gasteiger charge is -2.14. The van der Waals surface area contributed by atoms with Gasteiger partial charge in [-0.25, -0.2) is 4.39 Å². The standard InChI is InChI=1S/C20H25FO2/c1-14-4-8-19(20(21)10-14)18-9-7-16(11-15(18)2)5-6-17(12-22)13-23-3/h4,7-11,17,22H,5-6,12-13H2,1-3H3. The zero-order valence-electron chi connectivity index (χ0n) is 14.1. The first-order chi connectivity index (χ1) is 11.0. The zero-order chi connectivity index (χ0) is 16.8. The summed E-state index contributed by atoms with van der Waals surface area (Å²) in [5, 5.41) is 9.31. The van der Waals surface area contributed by atoms with E-state index in [9.17, 15) is 9.50 Å². The van der Waals surface area contributed by atoms with Gasteiger partial charge in [-0.2, -0.15) is 0 Å².